The number of aromatic nitrogens is 1. The maximum atomic E-state index is 11.9. The number of ether oxygens (including phenoxy) is 1. The van der Waals surface area contributed by atoms with Crippen LogP contribution in [0.2, 0.25) is 5.02 Å². The molecule has 4 aliphatic rings. The Labute approximate surface area is 234 Å². The van der Waals surface area contributed by atoms with E-state index in [1.54, 1.807) is 12.1 Å². The minimum absolute atomic E-state index is 0.158. The first-order valence-electron chi connectivity index (χ1n) is 15.2. The van der Waals surface area contributed by atoms with Crippen molar-refractivity contribution in [2.45, 2.75) is 105 Å². The molecule has 0 aromatic carbocycles. The lowest BCUT2D eigenvalue weighted by Gasteiger charge is -2.64. The third kappa shape index (κ3) is 4.63. The van der Waals surface area contributed by atoms with Crippen molar-refractivity contribution in [2.24, 2.45) is 52.3 Å². The number of aliphatic hydroxyl groups is 2. The van der Waals surface area contributed by atoms with Crippen LogP contribution >= 0.6 is 11.6 Å². The molecule has 4 fully saturated rings. The molecule has 11 atom stereocenters. The van der Waals surface area contributed by atoms with Crippen LogP contribution in [0.1, 0.15) is 103 Å². The molecular formula is C32H48ClNO4. The highest BCUT2D eigenvalue weighted by atomic mass is 35.5. The molecule has 0 aliphatic heterocycles. The van der Waals surface area contributed by atoms with Gasteiger partial charge >= 0.3 is 0 Å². The van der Waals surface area contributed by atoms with Gasteiger partial charge in [0.1, 0.15) is 5.69 Å². The van der Waals surface area contributed by atoms with Crippen molar-refractivity contribution in [3.05, 3.63) is 22.8 Å². The van der Waals surface area contributed by atoms with Crippen LogP contribution in [0.3, 0.4) is 0 Å². The van der Waals surface area contributed by atoms with Gasteiger partial charge in [0.25, 0.3) is 0 Å². The molecule has 2 N–H and O–H groups in total. The van der Waals surface area contributed by atoms with Gasteiger partial charge in [-0.05, 0) is 110 Å². The number of hydrogen-bond acceptors (Lipinski definition) is 5. The van der Waals surface area contributed by atoms with Crippen molar-refractivity contribution in [3.63, 3.8) is 0 Å². The molecule has 0 saturated heterocycles. The van der Waals surface area contributed by atoms with Crippen LogP contribution in [-0.4, -0.2) is 39.8 Å². The Bertz CT molecular complexity index is 1030. The molecule has 1 heterocycles. The van der Waals surface area contributed by atoms with Gasteiger partial charge in [0.15, 0.2) is 5.78 Å². The zero-order chi connectivity index (χ0) is 27.4. The largest absolute Gasteiger partial charge is 0.478 e. The molecule has 0 spiro atoms. The van der Waals surface area contributed by atoms with Gasteiger partial charge in [-0.3, -0.25) is 4.79 Å². The zero-order valence-electron chi connectivity index (χ0n) is 24.0. The third-order valence-corrected chi connectivity index (χ3v) is 12.4. The number of pyridine rings is 1. The molecule has 1 aromatic rings. The first kappa shape index (κ1) is 28.4. The summed E-state index contributed by atoms with van der Waals surface area (Å²) >= 11 is 6.10. The van der Waals surface area contributed by atoms with Crippen molar-refractivity contribution in [3.8, 4) is 5.88 Å². The Hall–Kier alpha value is -1.17. The van der Waals surface area contributed by atoms with Crippen molar-refractivity contribution in [1.82, 2.24) is 4.98 Å². The quantitative estimate of drug-likeness (QED) is 0.362. The second kappa shape index (κ2) is 10.7. The van der Waals surface area contributed by atoms with E-state index < -0.39 is 0 Å². The molecule has 0 amide bonds. The fourth-order valence-corrected chi connectivity index (χ4v) is 10.5. The summed E-state index contributed by atoms with van der Waals surface area (Å²) in [6, 6.07) is 3.42. The van der Waals surface area contributed by atoms with Crippen LogP contribution in [-0.2, 0) is 0 Å². The number of nitrogens with zero attached hydrogens (tertiary/aromatic N) is 1. The van der Waals surface area contributed by atoms with Gasteiger partial charge in [0, 0.05) is 13.0 Å². The lowest BCUT2D eigenvalue weighted by Crippen LogP contribution is -2.62. The predicted molar refractivity (Wildman–Crippen MR) is 150 cm³/mol. The van der Waals surface area contributed by atoms with Crippen LogP contribution < -0.4 is 4.74 Å². The van der Waals surface area contributed by atoms with Crippen molar-refractivity contribution >= 4 is 17.4 Å². The second-order valence-electron chi connectivity index (χ2n) is 13.8. The average Bonchev–Trinajstić information content (AvgIpc) is 3.23. The van der Waals surface area contributed by atoms with E-state index in [0.717, 1.165) is 32.1 Å². The van der Waals surface area contributed by atoms with E-state index in [0.29, 0.717) is 58.9 Å². The Balaban J connectivity index is 1.28. The van der Waals surface area contributed by atoms with E-state index in [1.807, 2.05) is 0 Å². The maximum absolute atomic E-state index is 11.9. The minimum atomic E-state index is -0.248. The number of fused-ring (bicyclic) bond motifs is 5. The number of halogens is 1. The number of rotatable bonds is 7. The summed E-state index contributed by atoms with van der Waals surface area (Å²) in [6.45, 7) is 11.7. The zero-order valence-corrected chi connectivity index (χ0v) is 24.7. The van der Waals surface area contributed by atoms with E-state index in [1.165, 1.54) is 32.6 Å². The van der Waals surface area contributed by atoms with E-state index in [9.17, 15) is 15.0 Å². The van der Waals surface area contributed by atoms with E-state index >= 15 is 0 Å². The van der Waals surface area contributed by atoms with Gasteiger partial charge in [-0.2, -0.15) is 0 Å². The molecule has 0 unspecified atom stereocenters. The highest BCUT2D eigenvalue weighted by Crippen LogP contribution is 2.69. The Morgan fingerprint density at radius 3 is 2.53 bits per heavy atom. The Morgan fingerprint density at radius 2 is 1.82 bits per heavy atom. The van der Waals surface area contributed by atoms with E-state index in [-0.39, 0.29) is 34.5 Å². The molecule has 0 bridgehead atoms. The first-order valence-corrected chi connectivity index (χ1v) is 15.6. The van der Waals surface area contributed by atoms with Gasteiger partial charge < -0.3 is 14.9 Å². The van der Waals surface area contributed by atoms with Crippen LogP contribution in [0.5, 0.6) is 5.88 Å². The van der Waals surface area contributed by atoms with Crippen molar-refractivity contribution in [1.29, 1.82) is 0 Å². The molecule has 212 valence electrons. The standard InChI is InChI=1S/C32H48ClNO4/c1-6-21-25-17-20(36)11-14-32(25,5)24-12-15-31(4)22(7-8-23(31)28(24)30(21)37)18(2)13-16-38-27-10-9-26(33)29(34-27)19(3)35/h9-10,18,20-25,28,30,36-37H,6-8,11-17H2,1-5H3/t18-,20-,21-,22-,23+,24+,25+,28+,30-,31-,32-/m1/s1. The average molecular weight is 546 g/mol. The summed E-state index contributed by atoms with van der Waals surface area (Å²) in [6.07, 6.45) is 9.27. The van der Waals surface area contributed by atoms with Gasteiger partial charge in [-0.1, -0.05) is 45.7 Å². The number of carbonyl (C=O) groups excluding carboxylic acids is 1. The molecular weight excluding hydrogens is 498 g/mol. The highest BCUT2D eigenvalue weighted by molar-refractivity contribution is 6.33. The molecule has 4 saturated carbocycles. The number of aliphatic hydroxyl groups excluding tert-OH is 2. The van der Waals surface area contributed by atoms with Gasteiger partial charge in [0.05, 0.1) is 23.8 Å². The van der Waals surface area contributed by atoms with Crippen molar-refractivity contribution < 1.29 is 19.7 Å². The smallest absolute Gasteiger partial charge is 0.213 e. The van der Waals surface area contributed by atoms with Crippen molar-refractivity contribution in [2.75, 3.05) is 6.61 Å². The summed E-state index contributed by atoms with van der Waals surface area (Å²) in [5.41, 5.74) is 0.754. The van der Waals surface area contributed by atoms with Crippen LogP contribution in [0.4, 0.5) is 0 Å². The topological polar surface area (TPSA) is 79.7 Å². The van der Waals surface area contributed by atoms with E-state index in [2.05, 4.69) is 32.7 Å². The lowest BCUT2D eigenvalue weighted by molar-refractivity contribution is -0.203. The summed E-state index contributed by atoms with van der Waals surface area (Å²) in [4.78, 5) is 16.1. The molecule has 0 radical (unpaired) electrons. The Morgan fingerprint density at radius 1 is 1.11 bits per heavy atom. The van der Waals surface area contributed by atoms with Crippen LogP contribution in [0.15, 0.2) is 12.1 Å². The molecule has 4 aliphatic carbocycles. The minimum Gasteiger partial charge on any atom is -0.478 e. The molecule has 38 heavy (non-hydrogen) atoms. The molecule has 1 aromatic heterocycles. The summed E-state index contributed by atoms with van der Waals surface area (Å²) < 4.78 is 5.98. The number of carbonyl (C=O) groups is 1. The number of Topliss-reactive ketones (excluding diaryl/α,β-unsaturated/α-hetero) is 1. The Kier molecular flexibility index (Phi) is 7.96. The second-order valence-corrected chi connectivity index (χ2v) is 14.2. The monoisotopic (exact) mass is 545 g/mol. The van der Waals surface area contributed by atoms with Crippen LogP contribution in [0, 0.1) is 52.3 Å². The summed E-state index contributed by atoms with van der Waals surface area (Å²) in [7, 11) is 0. The summed E-state index contributed by atoms with van der Waals surface area (Å²) in [5, 5.41) is 22.8. The number of hydrogen-bond donors (Lipinski definition) is 2. The molecule has 5 nitrogen and oxygen atoms in total. The van der Waals surface area contributed by atoms with Gasteiger partial charge in [-0.15, -0.1) is 0 Å². The highest BCUT2D eigenvalue weighted by Gasteiger charge is 2.64. The number of ketones is 1. The molecule has 6 heteroatoms. The van der Waals surface area contributed by atoms with Gasteiger partial charge in [0.2, 0.25) is 5.88 Å². The maximum Gasteiger partial charge on any atom is 0.213 e. The first-order chi connectivity index (χ1) is 18.0. The van der Waals surface area contributed by atoms with Crippen LogP contribution in [0.25, 0.3) is 0 Å². The SMILES string of the molecule is CC[C@H]1[C@@H](O)[C@@H]2[C@H](CC[C@]3(C)[C@@H]([C@H](C)CCOc4ccc(Cl)c(C(C)=O)n4)CC[C@@H]23)[C@@]2(C)CC[C@@H](O)C[C@@H]12. The lowest BCUT2D eigenvalue weighted by atomic mass is 9.41. The third-order valence-electron chi connectivity index (χ3n) is 12.1. The van der Waals surface area contributed by atoms with E-state index in [4.69, 9.17) is 16.3 Å². The normalized spacial score (nSPS) is 43.1. The van der Waals surface area contributed by atoms with Gasteiger partial charge in [-0.25, -0.2) is 4.98 Å². The fraction of sp³-hybridized carbons (Fsp3) is 0.812. The predicted octanol–water partition coefficient (Wildman–Crippen LogP) is 6.97. The molecule has 5 rings (SSSR count). The fourth-order valence-electron chi connectivity index (χ4n) is 10.2. The summed E-state index contributed by atoms with van der Waals surface area (Å²) in [5.74, 6) is 3.69.